The molecule has 1 heterocycles. The predicted octanol–water partition coefficient (Wildman–Crippen LogP) is 4.17. The van der Waals surface area contributed by atoms with Crippen molar-refractivity contribution >= 4 is 22.6 Å². The molecule has 102 valence electrons. The van der Waals surface area contributed by atoms with E-state index in [1.165, 1.54) is 16.6 Å². The molecule has 0 saturated carbocycles. The molecule has 0 N–H and O–H groups in total. The number of alkyl halides is 1. The van der Waals surface area contributed by atoms with Gasteiger partial charge in [0.2, 0.25) is 0 Å². The Balaban J connectivity index is 2.12. The quantitative estimate of drug-likeness (QED) is 0.657. The Labute approximate surface area is 124 Å². The number of aromatic nitrogens is 2. The number of nitrogens with zero attached hydrogens (tertiary/aromatic N) is 2. The molecule has 0 aliphatic rings. The summed E-state index contributed by atoms with van der Waals surface area (Å²) in [6.45, 7) is 2.94. The van der Waals surface area contributed by atoms with Gasteiger partial charge in [-0.15, -0.1) is 11.6 Å². The van der Waals surface area contributed by atoms with E-state index in [4.69, 9.17) is 16.6 Å². The van der Waals surface area contributed by atoms with Crippen LogP contribution in [0.4, 0.5) is 0 Å². The van der Waals surface area contributed by atoms with E-state index in [0.717, 1.165) is 24.3 Å². The third-order valence-corrected chi connectivity index (χ3v) is 3.75. The molecule has 3 aromatic rings. The SMILES string of the molecule is Cc1cccc2c1nc(CCCl)n2Cc1ccccc1. The first-order valence-electron chi connectivity index (χ1n) is 6.84. The molecule has 0 atom stereocenters. The van der Waals surface area contributed by atoms with Crippen LogP contribution in [-0.2, 0) is 13.0 Å². The van der Waals surface area contributed by atoms with Gasteiger partial charge >= 0.3 is 0 Å². The van der Waals surface area contributed by atoms with Gasteiger partial charge in [-0.3, -0.25) is 0 Å². The summed E-state index contributed by atoms with van der Waals surface area (Å²) in [6.07, 6.45) is 0.794. The Morgan fingerprint density at radius 3 is 2.60 bits per heavy atom. The Hall–Kier alpha value is -1.80. The fraction of sp³-hybridized carbons (Fsp3) is 0.235. The van der Waals surface area contributed by atoms with E-state index in [9.17, 15) is 0 Å². The first kappa shape index (κ1) is 13.2. The van der Waals surface area contributed by atoms with Gasteiger partial charge in [0, 0.05) is 18.8 Å². The second-order valence-corrected chi connectivity index (χ2v) is 5.36. The third-order valence-electron chi connectivity index (χ3n) is 3.56. The highest BCUT2D eigenvalue weighted by Gasteiger charge is 2.11. The van der Waals surface area contributed by atoms with Crippen LogP contribution in [0.25, 0.3) is 11.0 Å². The Morgan fingerprint density at radius 1 is 1.05 bits per heavy atom. The molecule has 0 aliphatic heterocycles. The number of rotatable bonds is 4. The van der Waals surface area contributed by atoms with Crippen LogP contribution >= 0.6 is 11.6 Å². The van der Waals surface area contributed by atoms with E-state index in [0.29, 0.717) is 5.88 Å². The number of fused-ring (bicyclic) bond motifs is 1. The molecule has 0 bridgehead atoms. The topological polar surface area (TPSA) is 17.8 Å². The normalized spacial score (nSPS) is 11.1. The van der Waals surface area contributed by atoms with Crippen molar-refractivity contribution in [3.63, 3.8) is 0 Å². The maximum absolute atomic E-state index is 5.93. The van der Waals surface area contributed by atoms with Gasteiger partial charge in [0.1, 0.15) is 5.82 Å². The van der Waals surface area contributed by atoms with Gasteiger partial charge in [-0.25, -0.2) is 4.98 Å². The molecule has 0 aliphatic carbocycles. The average molecular weight is 285 g/mol. The van der Waals surface area contributed by atoms with E-state index < -0.39 is 0 Å². The van der Waals surface area contributed by atoms with Crippen molar-refractivity contribution < 1.29 is 0 Å². The van der Waals surface area contributed by atoms with Crippen LogP contribution < -0.4 is 0 Å². The molecule has 0 saturated heterocycles. The molecule has 0 radical (unpaired) electrons. The summed E-state index contributed by atoms with van der Waals surface area (Å²) in [7, 11) is 0. The van der Waals surface area contributed by atoms with E-state index in [1.54, 1.807) is 0 Å². The molecule has 20 heavy (non-hydrogen) atoms. The highest BCUT2D eigenvalue weighted by molar-refractivity contribution is 6.17. The van der Waals surface area contributed by atoms with Gasteiger partial charge in [0.15, 0.2) is 0 Å². The van der Waals surface area contributed by atoms with Crippen LogP contribution in [0.5, 0.6) is 0 Å². The second-order valence-electron chi connectivity index (χ2n) is 4.98. The van der Waals surface area contributed by atoms with Crippen molar-refractivity contribution in [1.82, 2.24) is 9.55 Å². The third kappa shape index (κ3) is 2.44. The zero-order valence-electron chi connectivity index (χ0n) is 11.5. The lowest BCUT2D eigenvalue weighted by Gasteiger charge is -2.08. The van der Waals surface area contributed by atoms with Crippen LogP contribution in [0.15, 0.2) is 48.5 Å². The zero-order chi connectivity index (χ0) is 13.9. The Morgan fingerprint density at radius 2 is 1.85 bits per heavy atom. The number of halogens is 1. The molecule has 3 heteroatoms. The second kappa shape index (κ2) is 5.68. The van der Waals surface area contributed by atoms with Crippen molar-refractivity contribution in [1.29, 1.82) is 0 Å². The van der Waals surface area contributed by atoms with Crippen LogP contribution in [0.3, 0.4) is 0 Å². The molecule has 2 nitrogen and oxygen atoms in total. The van der Waals surface area contributed by atoms with Gasteiger partial charge in [-0.2, -0.15) is 0 Å². The minimum absolute atomic E-state index is 0.594. The monoisotopic (exact) mass is 284 g/mol. The molecule has 0 unspecified atom stereocenters. The number of hydrogen-bond acceptors (Lipinski definition) is 1. The van der Waals surface area contributed by atoms with Crippen LogP contribution in [0.1, 0.15) is 17.0 Å². The van der Waals surface area contributed by atoms with Gasteiger partial charge < -0.3 is 4.57 Å². The Kier molecular flexibility index (Phi) is 3.75. The Bertz CT molecular complexity index is 716. The lowest BCUT2D eigenvalue weighted by Crippen LogP contribution is -2.05. The summed E-state index contributed by atoms with van der Waals surface area (Å²) in [5.74, 6) is 1.66. The lowest BCUT2D eigenvalue weighted by molar-refractivity contribution is 0.754. The minimum atomic E-state index is 0.594. The molecule has 3 rings (SSSR count). The fourth-order valence-corrected chi connectivity index (χ4v) is 2.72. The molecule has 0 spiro atoms. The van der Waals surface area contributed by atoms with Crippen molar-refractivity contribution in [3.05, 3.63) is 65.5 Å². The standard InChI is InChI=1S/C17H17ClN2/c1-13-6-5-9-15-17(13)19-16(10-11-18)20(15)12-14-7-3-2-4-8-14/h2-9H,10-12H2,1H3. The molecule has 2 aromatic carbocycles. The van der Waals surface area contributed by atoms with Gasteiger partial charge in [0.25, 0.3) is 0 Å². The highest BCUT2D eigenvalue weighted by atomic mass is 35.5. The zero-order valence-corrected chi connectivity index (χ0v) is 12.3. The summed E-state index contributed by atoms with van der Waals surface area (Å²) >= 11 is 5.93. The van der Waals surface area contributed by atoms with Gasteiger partial charge in [-0.05, 0) is 24.1 Å². The fourth-order valence-electron chi connectivity index (χ4n) is 2.55. The predicted molar refractivity (Wildman–Crippen MR) is 84.4 cm³/mol. The van der Waals surface area contributed by atoms with Crippen molar-refractivity contribution in [3.8, 4) is 0 Å². The molecular weight excluding hydrogens is 268 g/mol. The summed E-state index contributed by atoms with van der Waals surface area (Å²) in [6, 6.07) is 16.8. The van der Waals surface area contributed by atoms with E-state index in [2.05, 4.69) is 54.0 Å². The van der Waals surface area contributed by atoms with Crippen LogP contribution in [0, 0.1) is 6.92 Å². The van der Waals surface area contributed by atoms with Gasteiger partial charge in [-0.1, -0.05) is 42.5 Å². The molecule has 0 fully saturated rings. The van der Waals surface area contributed by atoms with Gasteiger partial charge in [0.05, 0.1) is 11.0 Å². The maximum Gasteiger partial charge on any atom is 0.111 e. The van der Waals surface area contributed by atoms with Crippen molar-refractivity contribution in [2.24, 2.45) is 0 Å². The number of benzene rings is 2. The highest BCUT2D eigenvalue weighted by Crippen LogP contribution is 2.21. The van der Waals surface area contributed by atoms with Crippen molar-refractivity contribution in [2.75, 3.05) is 5.88 Å². The summed E-state index contributed by atoms with van der Waals surface area (Å²) in [5.41, 5.74) is 4.77. The number of para-hydroxylation sites is 1. The first-order valence-corrected chi connectivity index (χ1v) is 7.37. The lowest BCUT2D eigenvalue weighted by atomic mass is 10.2. The van der Waals surface area contributed by atoms with Crippen LogP contribution in [-0.4, -0.2) is 15.4 Å². The van der Waals surface area contributed by atoms with Crippen LogP contribution in [0.2, 0.25) is 0 Å². The number of imidazole rings is 1. The summed E-state index contributed by atoms with van der Waals surface area (Å²) in [5, 5.41) is 0. The largest absolute Gasteiger partial charge is 0.323 e. The molecule has 1 aromatic heterocycles. The van der Waals surface area contributed by atoms with E-state index >= 15 is 0 Å². The number of aryl methyl sites for hydroxylation is 2. The average Bonchev–Trinajstić information content (AvgIpc) is 2.81. The first-order chi connectivity index (χ1) is 9.79. The molecular formula is C17H17ClN2. The summed E-state index contributed by atoms with van der Waals surface area (Å²) in [4.78, 5) is 4.78. The number of hydrogen-bond donors (Lipinski definition) is 0. The van der Waals surface area contributed by atoms with E-state index in [1.807, 2.05) is 6.07 Å². The summed E-state index contributed by atoms with van der Waals surface area (Å²) < 4.78 is 2.28. The smallest absolute Gasteiger partial charge is 0.111 e. The molecule has 0 amide bonds. The minimum Gasteiger partial charge on any atom is -0.323 e. The van der Waals surface area contributed by atoms with E-state index in [-0.39, 0.29) is 0 Å². The van der Waals surface area contributed by atoms with Crippen molar-refractivity contribution in [2.45, 2.75) is 19.9 Å². The maximum atomic E-state index is 5.93.